The van der Waals surface area contributed by atoms with Gasteiger partial charge in [-0.1, -0.05) is 6.07 Å². The lowest BCUT2D eigenvalue weighted by molar-refractivity contribution is -0.127. The van der Waals surface area contributed by atoms with Crippen LogP contribution >= 0.6 is 0 Å². The van der Waals surface area contributed by atoms with Gasteiger partial charge in [0.25, 0.3) is 0 Å². The van der Waals surface area contributed by atoms with E-state index in [9.17, 15) is 9.59 Å². The maximum absolute atomic E-state index is 12.6. The highest BCUT2D eigenvalue weighted by atomic mass is 16.5. The highest BCUT2D eigenvalue weighted by molar-refractivity contribution is 6.06. The summed E-state index contributed by atoms with van der Waals surface area (Å²) < 4.78 is 4.95. The molecule has 1 atom stereocenters. The van der Waals surface area contributed by atoms with E-state index in [1.165, 1.54) is 5.56 Å². The Morgan fingerprint density at radius 2 is 2.09 bits per heavy atom. The summed E-state index contributed by atoms with van der Waals surface area (Å²) >= 11 is 0. The van der Waals surface area contributed by atoms with Gasteiger partial charge in [-0.3, -0.25) is 14.5 Å². The number of hydrogen-bond acceptors (Lipinski definition) is 3. The summed E-state index contributed by atoms with van der Waals surface area (Å²) in [6.07, 6.45) is 0.915. The van der Waals surface area contributed by atoms with Crippen molar-refractivity contribution < 1.29 is 14.3 Å². The van der Waals surface area contributed by atoms with Crippen molar-refractivity contribution in [1.82, 2.24) is 5.32 Å². The minimum Gasteiger partial charge on any atom is -0.383 e. The molecule has 120 valence electrons. The van der Waals surface area contributed by atoms with Gasteiger partial charge in [0.2, 0.25) is 11.8 Å². The van der Waals surface area contributed by atoms with E-state index in [0.717, 1.165) is 11.3 Å². The van der Waals surface area contributed by atoms with Gasteiger partial charge in [0.15, 0.2) is 0 Å². The number of carbonyl (C=O) groups excluding carboxylic acids is 2. The van der Waals surface area contributed by atoms with E-state index in [4.69, 9.17) is 4.74 Å². The molecule has 1 aromatic rings. The van der Waals surface area contributed by atoms with Gasteiger partial charge in [-0.2, -0.15) is 0 Å². The van der Waals surface area contributed by atoms with Crippen LogP contribution in [0, 0.1) is 13.8 Å². The summed E-state index contributed by atoms with van der Waals surface area (Å²) in [5.74, 6) is -0.138. The topological polar surface area (TPSA) is 58.6 Å². The predicted octanol–water partition coefficient (Wildman–Crippen LogP) is 1.95. The first-order valence-corrected chi connectivity index (χ1v) is 7.57. The van der Waals surface area contributed by atoms with Crippen LogP contribution in [0.25, 0.3) is 0 Å². The Kier molecular flexibility index (Phi) is 4.86. The van der Waals surface area contributed by atoms with Crippen molar-refractivity contribution in [2.24, 2.45) is 0 Å². The van der Waals surface area contributed by atoms with Crippen LogP contribution in [-0.2, 0) is 14.3 Å². The van der Waals surface area contributed by atoms with Crippen molar-refractivity contribution in [2.45, 2.75) is 39.2 Å². The first-order chi connectivity index (χ1) is 10.4. The lowest BCUT2D eigenvalue weighted by Crippen LogP contribution is -2.55. The first kappa shape index (κ1) is 16.5. The average molecular weight is 304 g/mol. The van der Waals surface area contributed by atoms with Crippen molar-refractivity contribution in [3.8, 4) is 0 Å². The van der Waals surface area contributed by atoms with E-state index in [2.05, 4.69) is 5.32 Å². The summed E-state index contributed by atoms with van der Waals surface area (Å²) in [4.78, 5) is 26.5. The van der Waals surface area contributed by atoms with E-state index in [1.807, 2.05) is 39.0 Å². The molecule has 2 rings (SSSR count). The van der Waals surface area contributed by atoms with Crippen LogP contribution in [0.3, 0.4) is 0 Å². The quantitative estimate of drug-likeness (QED) is 0.846. The summed E-state index contributed by atoms with van der Waals surface area (Å²) in [5, 5.41) is 2.85. The number of nitrogens with one attached hydrogen (secondary N) is 1. The number of methoxy groups -OCH3 is 1. The molecular formula is C17H24N2O3. The van der Waals surface area contributed by atoms with Gasteiger partial charge in [0.1, 0.15) is 5.54 Å². The molecular weight excluding hydrogens is 280 g/mol. The molecule has 1 aliphatic heterocycles. The number of rotatable bonds is 5. The van der Waals surface area contributed by atoms with Crippen LogP contribution in [0.4, 0.5) is 5.69 Å². The lowest BCUT2D eigenvalue weighted by atomic mass is 9.96. The van der Waals surface area contributed by atoms with Gasteiger partial charge >= 0.3 is 0 Å². The zero-order valence-corrected chi connectivity index (χ0v) is 13.7. The molecule has 0 spiro atoms. The normalized spacial score (nSPS) is 21.3. The van der Waals surface area contributed by atoms with Gasteiger partial charge in [0, 0.05) is 25.8 Å². The van der Waals surface area contributed by atoms with Crippen molar-refractivity contribution in [2.75, 3.05) is 25.2 Å². The van der Waals surface area contributed by atoms with Crippen molar-refractivity contribution in [1.29, 1.82) is 0 Å². The Morgan fingerprint density at radius 3 is 2.73 bits per heavy atom. The number of aryl methyl sites for hydroxylation is 2. The van der Waals surface area contributed by atoms with Crippen LogP contribution in [-0.4, -0.2) is 37.6 Å². The second-order valence-electron chi connectivity index (χ2n) is 6.02. The Labute approximate surface area is 131 Å². The molecule has 2 amide bonds. The smallest absolute Gasteiger partial charge is 0.246 e. The monoisotopic (exact) mass is 304 g/mol. The molecule has 5 heteroatoms. The molecule has 0 aromatic heterocycles. The second kappa shape index (κ2) is 6.48. The van der Waals surface area contributed by atoms with Crippen LogP contribution in [0.1, 0.15) is 30.9 Å². The molecule has 0 saturated carbocycles. The number of carbonyl (C=O) groups is 2. The van der Waals surface area contributed by atoms with Crippen LogP contribution in [0.15, 0.2) is 18.2 Å². The summed E-state index contributed by atoms with van der Waals surface area (Å²) in [7, 11) is 1.59. The maximum atomic E-state index is 12.6. The highest BCUT2D eigenvalue weighted by Gasteiger charge is 2.48. The first-order valence-electron chi connectivity index (χ1n) is 7.57. The molecule has 1 N–H and O–H groups in total. The summed E-state index contributed by atoms with van der Waals surface area (Å²) in [5.41, 5.74) is 2.22. The van der Waals surface area contributed by atoms with Gasteiger partial charge < -0.3 is 10.1 Å². The fourth-order valence-corrected chi connectivity index (χ4v) is 2.81. The van der Waals surface area contributed by atoms with Crippen molar-refractivity contribution in [3.05, 3.63) is 29.3 Å². The second-order valence-corrected chi connectivity index (χ2v) is 6.02. The molecule has 1 saturated heterocycles. The summed E-state index contributed by atoms with van der Waals surface area (Å²) in [6.45, 7) is 6.77. The van der Waals surface area contributed by atoms with E-state index < -0.39 is 5.54 Å². The maximum Gasteiger partial charge on any atom is 0.246 e. The van der Waals surface area contributed by atoms with Gasteiger partial charge in [-0.15, -0.1) is 0 Å². The Hall–Kier alpha value is -1.88. The minimum atomic E-state index is -0.841. The fraction of sp³-hybridized carbons (Fsp3) is 0.529. The Morgan fingerprint density at radius 1 is 1.36 bits per heavy atom. The van der Waals surface area contributed by atoms with E-state index in [0.29, 0.717) is 26.0 Å². The van der Waals surface area contributed by atoms with Crippen LogP contribution in [0.2, 0.25) is 0 Å². The molecule has 1 aromatic carbocycles. The molecule has 1 heterocycles. The number of hydrogen-bond donors (Lipinski definition) is 1. The Bertz CT molecular complexity index is 585. The highest BCUT2D eigenvalue weighted by Crippen LogP contribution is 2.35. The van der Waals surface area contributed by atoms with E-state index in [-0.39, 0.29) is 11.8 Å². The van der Waals surface area contributed by atoms with Gasteiger partial charge in [-0.05, 0) is 50.5 Å². The van der Waals surface area contributed by atoms with Crippen LogP contribution in [0.5, 0.6) is 0 Å². The number of ether oxygens (including phenoxy) is 1. The third-order valence-corrected chi connectivity index (χ3v) is 4.40. The molecule has 0 radical (unpaired) electrons. The molecule has 22 heavy (non-hydrogen) atoms. The third-order valence-electron chi connectivity index (χ3n) is 4.40. The molecule has 5 nitrogen and oxygen atoms in total. The number of anilines is 1. The number of amides is 2. The fourth-order valence-electron chi connectivity index (χ4n) is 2.81. The largest absolute Gasteiger partial charge is 0.383 e. The Balaban J connectivity index is 2.28. The average Bonchev–Trinajstić information content (AvgIpc) is 2.79. The molecule has 0 aliphatic carbocycles. The molecule has 1 fully saturated rings. The van der Waals surface area contributed by atoms with Crippen molar-refractivity contribution >= 4 is 17.5 Å². The molecule has 0 bridgehead atoms. The van der Waals surface area contributed by atoms with Crippen molar-refractivity contribution in [3.63, 3.8) is 0 Å². The van der Waals surface area contributed by atoms with Crippen LogP contribution < -0.4 is 10.2 Å². The minimum absolute atomic E-state index is 0.00681. The number of nitrogens with zero attached hydrogens (tertiary/aromatic N) is 1. The lowest BCUT2D eigenvalue weighted by Gasteiger charge is -2.34. The van der Waals surface area contributed by atoms with Gasteiger partial charge in [-0.25, -0.2) is 0 Å². The SMILES string of the molecule is COCCNC(=O)[C@@]1(C)CCC(=O)N1c1ccc(C)c(C)c1. The predicted molar refractivity (Wildman–Crippen MR) is 85.9 cm³/mol. The summed E-state index contributed by atoms with van der Waals surface area (Å²) in [6, 6.07) is 5.87. The third kappa shape index (κ3) is 2.99. The molecule has 1 aliphatic rings. The molecule has 0 unspecified atom stereocenters. The number of benzene rings is 1. The van der Waals surface area contributed by atoms with Gasteiger partial charge in [0.05, 0.1) is 6.61 Å². The zero-order chi connectivity index (χ0) is 16.3. The zero-order valence-electron chi connectivity index (χ0n) is 13.7. The standard InChI is InChI=1S/C17H24N2O3/c1-12-5-6-14(11-13(12)2)19-15(20)7-8-17(19,3)16(21)18-9-10-22-4/h5-6,11H,7-10H2,1-4H3,(H,18,21)/t17-/m1/s1. The van der Waals surface area contributed by atoms with E-state index in [1.54, 1.807) is 12.0 Å². The van der Waals surface area contributed by atoms with E-state index >= 15 is 0 Å².